The van der Waals surface area contributed by atoms with Gasteiger partial charge in [0.15, 0.2) is 0 Å². The molecule has 0 aromatic rings. The Labute approximate surface area is 84.4 Å². The van der Waals surface area contributed by atoms with Crippen molar-refractivity contribution in [3.8, 4) is 6.07 Å². The molecule has 0 radical (unpaired) electrons. The zero-order valence-corrected chi connectivity index (χ0v) is 8.53. The third kappa shape index (κ3) is 3.86. The van der Waals surface area contributed by atoms with Gasteiger partial charge in [-0.3, -0.25) is 9.69 Å². The lowest BCUT2D eigenvalue weighted by molar-refractivity contribution is -0.117. The summed E-state index contributed by atoms with van der Waals surface area (Å²) in [5.41, 5.74) is 0. The van der Waals surface area contributed by atoms with Gasteiger partial charge in [0.2, 0.25) is 0 Å². The van der Waals surface area contributed by atoms with Crippen molar-refractivity contribution < 1.29 is 9.53 Å². The number of carbonyl (C=O) groups is 1. The molecule has 1 fully saturated rings. The molecule has 0 N–H and O–H groups in total. The van der Waals surface area contributed by atoms with Crippen molar-refractivity contribution in [2.24, 2.45) is 5.92 Å². The Bertz CT molecular complexity index is 229. The highest BCUT2D eigenvalue weighted by atomic mass is 16.5. The summed E-state index contributed by atoms with van der Waals surface area (Å²) in [5, 5.41) is 8.85. The molecular weight excluding hydrogens is 180 g/mol. The van der Waals surface area contributed by atoms with Crippen LogP contribution < -0.4 is 0 Å². The second-order valence-electron chi connectivity index (χ2n) is 3.65. The van der Waals surface area contributed by atoms with Crippen molar-refractivity contribution in [2.75, 3.05) is 32.8 Å². The van der Waals surface area contributed by atoms with Crippen molar-refractivity contribution in [1.82, 2.24) is 4.90 Å². The molecule has 4 nitrogen and oxygen atoms in total. The van der Waals surface area contributed by atoms with E-state index in [1.807, 2.05) is 0 Å². The zero-order chi connectivity index (χ0) is 10.4. The molecule has 1 rings (SSSR count). The molecule has 1 unspecified atom stereocenters. The van der Waals surface area contributed by atoms with E-state index in [1.165, 1.54) is 6.92 Å². The lowest BCUT2D eigenvalue weighted by Gasteiger charge is -2.27. The summed E-state index contributed by atoms with van der Waals surface area (Å²) in [4.78, 5) is 13.0. The lowest BCUT2D eigenvalue weighted by Crippen LogP contribution is -2.39. The summed E-state index contributed by atoms with van der Waals surface area (Å²) < 4.78 is 5.20. The molecule has 14 heavy (non-hydrogen) atoms. The number of nitriles is 1. The van der Waals surface area contributed by atoms with Crippen molar-refractivity contribution in [3.05, 3.63) is 0 Å². The Kier molecular flexibility index (Phi) is 4.57. The molecule has 1 aliphatic rings. The number of nitrogens with zero attached hydrogens (tertiary/aromatic N) is 2. The fourth-order valence-electron chi connectivity index (χ4n) is 1.59. The van der Waals surface area contributed by atoms with E-state index < -0.39 is 0 Å². The van der Waals surface area contributed by atoms with Crippen LogP contribution in [-0.2, 0) is 9.53 Å². The fraction of sp³-hybridized carbons (Fsp3) is 0.800. The van der Waals surface area contributed by atoms with E-state index >= 15 is 0 Å². The van der Waals surface area contributed by atoms with Crippen LogP contribution in [0.3, 0.4) is 0 Å². The minimum absolute atomic E-state index is 0.0878. The van der Waals surface area contributed by atoms with E-state index in [0.29, 0.717) is 13.0 Å². The highest BCUT2D eigenvalue weighted by Crippen LogP contribution is 2.07. The molecule has 1 saturated heterocycles. The highest BCUT2D eigenvalue weighted by Gasteiger charge is 2.17. The van der Waals surface area contributed by atoms with E-state index in [2.05, 4.69) is 11.0 Å². The summed E-state index contributed by atoms with van der Waals surface area (Å²) in [6.45, 7) is 5.44. The maximum absolute atomic E-state index is 10.9. The zero-order valence-electron chi connectivity index (χ0n) is 8.53. The molecule has 0 saturated carbocycles. The van der Waals surface area contributed by atoms with Crippen molar-refractivity contribution in [1.29, 1.82) is 5.26 Å². The Morgan fingerprint density at radius 2 is 2.21 bits per heavy atom. The topological polar surface area (TPSA) is 53.3 Å². The Morgan fingerprint density at radius 3 is 2.71 bits per heavy atom. The Morgan fingerprint density at radius 1 is 1.57 bits per heavy atom. The van der Waals surface area contributed by atoms with Crippen LogP contribution >= 0.6 is 0 Å². The molecule has 0 aliphatic carbocycles. The number of ketones is 1. The van der Waals surface area contributed by atoms with Gasteiger partial charge in [0.25, 0.3) is 0 Å². The second kappa shape index (κ2) is 5.74. The SMILES string of the molecule is CC(=O)CC(C#N)CN1CCOCC1. The molecular formula is C10H16N2O2. The molecule has 0 amide bonds. The minimum atomic E-state index is -0.161. The van der Waals surface area contributed by atoms with Crippen molar-refractivity contribution in [2.45, 2.75) is 13.3 Å². The van der Waals surface area contributed by atoms with E-state index in [-0.39, 0.29) is 11.7 Å². The summed E-state index contributed by atoms with van der Waals surface area (Å²) in [6.07, 6.45) is 0.369. The average molecular weight is 196 g/mol. The highest BCUT2D eigenvalue weighted by molar-refractivity contribution is 5.76. The van der Waals surface area contributed by atoms with Gasteiger partial charge in [-0.15, -0.1) is 0 Å². The first kappa shape index (κ1) is 11.2. The largest absolute Gasteiger partial charge is 0.379 e. The van der Waals surface area contributed by atoms with Crippen LogP contribution in [0.15, 0.2) is 0 Å². The first-order valence-electron chi connectivity index (χ1n) is 4.91. The molecule has 1 aliphatic heterocycles. The summed E-state index contributed by atoms with van der Waals surface area (Å²) in [6, 6.07) is 2.18. The maximum atomic E-state index is 10.9. The number of rotatable bonds is 4. The molecule has 1 heterocycles. The van der Waals surface area contributed by atoms with E-state index in [4.69, 9.17) is 10.00 Å². The molecule has 1 atom stereocenters. The predicted molar refractivity (Wildman–Crippen MR) is 51.7 cm³/mol. The van der Waals surface area contributed by atoms with Crippen LogP contribution in [0, 0.1) is 17.2 Å². The summed E-state index contributed by atoms with van der Waals surface area (Å²) in [7, 11) is 0. The van der Waals surface area contributed by atoms with Gasteiger partial charge < -0.3 is 4.74 Å². The van der Waals surface area contributed by atoms with Crippen LogP contribution in [0.5, 0.6) is 0 Å². The van der Waals surface area contributed by atoms with Gasteiger partial charge in [-0.2, -0.15) is 5.26 Å². The third-order valence-corrected chi connectivity index (χ3v) is 2.30. The monoisotopic (exact) mass is 196 g/mol. The van der Waals surface area contributed by atoms with Gasteiger partial charge in [0, 0.05) is 26.1 Å². The smallest absolute Gasteiger partial charge is 0.131 e. The normalized spacial score (nSPS) is 20.0. The number of morpholine rings is 1. The van der Waals surface area contributed by atoms with Crippen LogP contribution in [-0.4, -0.2) is 43.5 Å². The maximum Gasteiger partial charge on any atom is 0.131 e. The molecule has 0 aromatic carbocycles. The standard InChI is InChI=1S/C10H16N2O2/c1-9(13)6-10(7-11)8-12-2-4-14-5-3-12/h10H,2-6,8H2,1H3. The average Bonchev–Trinajstić information content (AvgIpc) is 2.17. The number of ether oxygens (including phenoxy) is 1. The second-order valence-corrected chi connectivity index (χ2v) is 3.65. The summed E-state index contributed by atoms with van der Waals surface area (Å²) in [5.74, 6) is -0.0737. The first-order chi connectivity index (χ1) is 6.72. The number of Topliss-reactive ketones (excluding diaryl/α,β-unsaturated/α-hetero) is 1. The quantitative estimate of drug-likeness (QED) is 0.654. The van der Waals surface area contributed by atoms with Crippen molar-refractivity contribution >= 4 is 5.78 Å². The van der Waals surface area contributed by atoms with Crippen LogP contribution in [0.25, 0.3) is 0 Å². The molecule has 4 heteroatoms. The predicted octanol–water partition coefficient (Wildman–Crippen LogP) is 0.437. The van der Waals surface area contributed by atoms with Gasteiger partial charge in [-0.25, -0.2) is 0 Å². The third-order valence-electron chi connectivity index (χ3n) is 2.30. The Balaban J connectivity index is 2.32. The van der Waals surface area contributed by atoms with Crippen molar-refractivity contribution in [3.63, 3.8) is 0 Å². The summed E-state index contributed by atoms with van der Waals surface area (Å²) >= 11 is 0. The van der Waals surface area contributed by atoms with Crippen LogP contribution in [0.1, 0.15) is 13.3 Å². The number of hydrogen-bond donors (Lipinski definition) is 0. The van der Waals surface area contributed by atoms with E-state index in [9.17, 15) is 4.79 Å². The Hall–Kier alpha value is -0.920. The first-order valence-corrected chi connectivity index (χ1v) is 4.91. The van der Waals surface area contributed by atoms with Gasteiger partial charge in [-0.05, 0) is 6.92 Å². The molecule has 0 aromatic heterocycles. The van der Waals surface area contributed by atoms with E-state index in [0.717, 1.165) is 26.3 Å². The fourth-order valence-corrected chi connectivity index (χ4v) is 1.59. The lowest BCUT2D eigenvalue weighted by atomic mass is 10.0. The van der Waals surface area contributed by atoms with Gasteiger partial charge in [0.05, 0.1) is 25.2 Å². The van der Waals surface area contributed by atoms with Gasteiger partial charge >= 0.3 is 0 Å². The molecule has 78 valence electrons. The van der Waals surface area contributed by atoms with Crippen LogP contribution in [0.4, 0.5) is 0 Å². The van der Waals surface area contributed by atoms with Crippen LogP contribution in [0.2, 0.25) is 0 Å². The molecule has 0 bridgehead atoms. The molecule has 0 spiro atoms. The van der Waals surface area contributed by atoms with Gasteiger partial charge in [0.1, 0.15) is 5.78 Å². The number of hydrogen-bond acceptors (Lipinski definition) is 4. The number of carbonyl (C=O) groups excluding carboxylic acids is 1. The minimum Gasteiger partial charge on any atom is -0.379 e. The van der Waals surface area contributed by atoms with Gasteiger partial charge in [-0.1, -0.05) is 0 Å². The van der Waals surface area contributed by atoms with E-state index in [1.54, 1.807) is 0 Å².